The number of imidazole rings is 1. The molecule has 28 heavy (non-hydrogen) atoms. The summed E-state index contributed by atoms with van der Waals surface area (Å²) < 4.78 is 2.06. The van der Waals surface area contributed by atoms with E-state index in [-0.39, 0.29) is 11.7 Å². The Morgan fingerprint density at radius 1 is 1.18 bits per heavy atom. The van der Waals surface area contributed by atoms with Gasteiger partial charge in [-0.2, -0.15) is 0 Å². The van der Waals surface area contributed by atoms with Gasteiger partial charge in [-0.15, -0.1) is 6.58 Å². The summed E-state index contributed by atoms with van der Waals surface area (Å²) in [5.74, 6) is 0.300. The summed E-state index contributed by atoms with van der Waals surface area (Å²) in [6, 6.07) is 14.9. The summed E-state index contributed by atoms with van der Waals surface area (Å²) in [5, 5.41) is 3.63. The van der Waals surface area contributed by atoms with Crippen molar-refractivity contribution < 1.29 is 9.59 Å². The number of para-hydroxylation sites is 2. The topological polar surface area (TPSA) is 64.0 Å². The Hall–Kier alpha value is -2.86. The summed E-state index contributed by atoms with van der Waals surface area (Å²) in [6.07, 6.45) is 3.12. The second-order valence-electron chi connectivity index (χ2n) is 6.37. The number of Topliss-reactive ketones (excluding diaryl/α,β-unsaturated/α-hetero) is 1. The number of benzene rings is 2. The Bertz CT molecular complexity index is 993. The highest BCUT2D eigenvalue weighted by molar-refractivity contribution is 7.99. The molecule has 3 rings (SSSR count). The van der Waals surface area contributed by atoms with Gasteiger partial charge in [0.1, 0.15) is 0 Å². The summed E-state index contributed by atoms with van der Waals surface area (Å²) in [5.41, 5.74) is 3.26. The summed E-state index contributed by atoms with van der Waals surface area (Å²) in [6.45, 7) is 6.41. The molecular formula is C22H23N3O2S. The highest BCUT2D eigenvalue weighted by Crippen LogP contribution is 2.25. The third-order valence-electron chi connectivity index (χ3n) is 4.23. The summed E-state index contributed by atoms with van der Waals surface area (Å²) >= 11 is 1.42. The Morgan fingerprint density at radius 2 is 1.93 bits per heavy atom. The highest BCUT2D eigenvalue weighted by Gasteiger charge is 2.13. The number of fused-ring (bicyclic) bond motifs is 1. The average molecular weight is 394 g/mol. The number of hydrogen-bond donors (Lipinski definition) is 1. The van der Waals surface area contributed by atoms with Crippen LogP contribution in [-0.4, -0.2) is 27.0 Å². The molecule has 0 spiro atoms. The molecule has 1 N–H and O–H groups in total. The van der Waals surface area contributed by atoms with Gasteiger partial charge in [-0.05, 0) is 42.8 Å². The molecule has 0 aliphatic rings. The quantitative estimate of drug-likeness (QED) is 0.318. The molecule has 0 saturated heterocycles. The molecule has 5 nitrogen and oxygen atoms in total. The minimum atomic E-state index is -0.0155. The number of anilines is 1. The normalized spacial score (nSPS) is 10.8. The van der Waals surface area contributed by atoms with E-state index in [1.807, 2.05) is 37.3 Å². The number of aromatic nitrogens is 2. The maximum absolute atomic E-state index is 12.6. The molecule has 6 heteroatoms. The number of nitrogens with one attached hydrogen (secondary N) is 1. The number of rotatable bonds is 9. The van der Waals surface area contributed by atoms with Crippen molar-refractivity contribution in [1.82, 2.24) is 9.55 Å². The van der Waals surface area contributed by atoms with Crippen LogP contribution in [0.3, 0.4) is 0 Å². The van der Waals surface area contributed by atoms with Gasteiger partial charge in [0.15, 0.2) is 10.9 Å². The third-order valence-corrected chi connectivity index (χ3v) is 5.21. The van der Waals surface area contributed by atoms with Crippen molar-refractivity contribution in [2.45, 2.75) is 31.5 Å². The van der Waals surface area contributed by atoms with Gasteiger partial charge < -0.3 is 9.88 Å². The molecule has 144 valence electrons. The number of thioether (sulfide) groups is 1. The van der Waals surface area contributed by atoms with Crippen molar-refractivity contribution in [3.05, 3.63) is 66.7 Å². The first-order chi connectivity index (χ1) is 13.6. The molecule has 0 radical (unpaired) electrons. The van der Waals surface area contributed by atoms with E-state index >= 15 is 0 Å². The van der Waals surface area contributed by atoms with Crippen molar-refractivity contribution in [2.24, 2.45) is 0 Å². The lowest BCUT2D eigenvalue weighted by atomic mass is 10.1. The van der Waals surface area contributed by atoms with Gasteiger partial charge in [0.25, 0.3) is 0 Å². The Labute approximate surface area is 168 Å². The molecule has 3 aromatic rings. The molecule has 0 atom stereocenters. The predicted octanol–water partition coefficient (Wildman–Crippen LogP) is 4.94. The Balaban J connectivity index is 1.67. The number of nitrogens with zero attached hydrogens (tertiary/aromatic N) is 2. The molecule has 2 aromatic carbocycles. The van der Waals surface area contributed by atoms with E-state index in [0.29, 0.717) is 30.0 Å². The van der Waals surface area contributed by atoms with E-state index < -0.39 is 0 Å². The highest BCUT2D eigenvalue weighted by atomic mass is 32.2. The monoisotopic (exact) mass is 393 g/mol. The van der Waals surface area contributed by atoms with E-state index in [1.165, 1.54) is 11.8 Å². The molecule has 0 aliphatic heterocycles. The summed E-state index contributed by atoms with van der Waals surface area (Å²) in [4.78, 5) is 28.9. The average Bonchev–Trinajstić information content (AvgIpc) is 3.05. The third kappa shape index (κ3) is 4.70. The molecule has 0 bridgehead atoms. The number of carbonyl (C=O) groups is 2. The van der Waals surface area contributed by atoms with Crippen LogP contribution in [0.5, 0.6) is 0 Å². The van der Waals surface area contributed by atoms with Crippen LogP contribution in [0.25, 0.3) is 11.0 Å². The number of carbonyl (C=O) groups excluding carboxylic acids is 2. The number of amides is 1. The van der Waals surface area contributed by atoms with E-state index in [0.717, 1.165) is 22.6 Å². The lowest BCUT2D eigenvalue weighted by Crippen LogP contribution is -2.11. The van der Waals surface area contributed by atoms with E-state index in [2.05, 4.69) is 21.4 Å². The zero-order chi connectivity index (χ0) is 19.9. The van der Waals surface area contributed by atoms with E-state index in [1.54, 1.807) is 24.3 Å². The molecular weight excluding hydrogens is 370 g/mol. The zero-order valence-corrected chi connectivity index (χ0v) is 16.7. The van der Waals surface area contributed by atoms with Gasteiger partial charge in [-0.3, -0.25) is 9.59 Å². The summed E-state index contributed by atoms with van der Waals surface area (Å²) in [7, 11) is 0. The van der Waals surface area contributed by atoms with Crippen LogP contribution >= 0.6 is 11.8 Å². The van der Waals surface area contributed by atoms with Gasteiger partial charge in [0.05, 0.1) is 16.8 Å². The van der Waals surface area contributed by atoms with Crippen molar-refractivity contribution in [1.29, 1.82) is 0 Å². The Morgan fingerprint density at radius 3 is 2.64 bits per heavy atom. The lowest BCUT2D eigenvalue weighted by molar-refractivity contribution is -0.116. The fraction of sp³-hybridized carbons (Fsp3) is 0.227. The van der Waals surface area contributed by atoms with Gasteiger partial charge in [-0.25, -0.2) is 4.98 Å². The van der Waals surface area contributed by atoms with Crippen LogP contribution in [0.15, 0.2) is 66.3 Å². The largest absolute Gasteiger partial charge is 0.326 e. The Kier molecular flexibility index (Phi) is 6.66. The first-order valence-corrected chi connectivity index (χ1v) is 10.2. The fourth-order valence-corrected chi connectivity index (χ4v) is 3.79. The smallest absolute Gasteiger partial charge is 0.224 e. The van der Waals surface area contributed by atoms with Gasteiger partial charge in [0.2, 0.25) is 5.91 Å². The maximum atomic E-state index is 12.6. The van der Waals surface area contributed by atoms with Crippen molar-refractivity contribution >= 4 is 40.2 Å². The molecule has 1 aromatic heterocycles. The van der Waals surface area contributed by atoms with Gasteiger partial charge >= 0.3 is 0 Å². The van der Waals surface area contributed by atoms with E-state index in [9.17, 15) is 9.59 Å². The van der Waals surface area contributed by atoms with Crippen molar-refractivity contribution in [3.63, 3.8) is 0 Å². The van der Waals surface area contributed by atoms with Crippen LogP contribution in [0, 0.1) is 0 Å². The predicted molar refractivity (Wildman–Crippen MR) is 115 cm³/mol. The van der Waals surface area contributed by atoms with Crippen LogP contribution in [-0.2, 0) is 11.3 Å². The van der Waals surface area contributed by atoms with E-state index in [4.69, 9.17) is 0 Å². The molecule has 1 heterocycles. The molecule has 0 fully saturated rings. The SMILES string of the molecule is C=CCn1c(SCC(=O)c2ccc(NC(=O)CCC)cc2)nc2ccccc21. The van der Waals surface area contributed by atoms with Crippen LogP contribution in [0.4, 0.5) is 5.69 Å². The van der Waals surface area contributed by atoms with Gasteiger partial charge in [-0.1, -0.05) is 36.9 Å². The molecule has 0 unspecified atom stereocenters. The first kappa shape index (κ1) is 19.9. The van der Waals surface area contributed by atoms with Crippen LogP contribution < -0.4 is 5.32 Å². The van der Waals surface area contributed by atoms with Crippen LogP contribution in [0.1, 0.15) is 30.1 Å². The number of hydrogen-bond acceptors (Lipinski definition) is 4. The molecule has 0 aliphatic carbocycles. The second kappa shape index (κ2) is 9.37. The first-order valence-electron chi connectivity index (χ1n) is 9.24. The van der Waals surface area contributed by atoms with Crippen LogP contribution in [0.2, 0.25) is 0 Å². The minimum Gasteiger partial charge on any atom is -0.326 e. The maximum Gasteiger partial charge on any atom is 0.224 e. The number of ketones is 1. The second-order valence-corrected chi connectivity index (χ2v) is 7.31. The standard InChI is InChI=1S/C22H23N3O2S/c1-3-7-21(27)23-17-12-10-16(11-13-17)20(26)15-28-22-24-18-8-5-6-9-19(18)25(22)14-4-2/h4-6,8-13H,2-3,7,14-15H2,1H3,(H,23,27). The minimum absolute atomic E-state index is 0.0155. The fourth-order valence-electron chi connectivity index (χ4n) is 2.87. The number of allylic oxidation sites excluding steroid dienone is 1. The van der Waals surface area contributed by atoms with Crippen molar-refractivity contribution in [3.8, 4) is 0 Å². The molecule has 0 saturated carbocycles. The lowest BCUT2D eigenvalue weighted by Gasteiger charge is -2.07. The zero-order valence-electron chi connectivity index (χ0n) is 15.9. The van der Waals surface area contributed by atoms with Crippen molar-refractivity contribution in [2.75, 3.05) is 11.1 Å². The van der Waals surface area contributed by atoms with Gasteiger partial charge in [0, 0.05) is 24.2 Å². The molecule has 1 amide bonds.